The zero-order chi connectivity index (χ0) is 27.2. The third kappa shape index (κ3) is 7.11. The van der Waals surface area contributed by atoms with Crippen LogP contribution in [0.2, 0.25) is 0 Å². The molecule has 0 radical (unpaired) electrons. The number of anilines is 4. The standard InChI is InChI=1S/C27H38N8O3S/c1-21(36)32-9-7-31(8-10-32)20-26(37)35-13-11-34(12-14-35)25-19-24(29-27(30-25)39-2)28-22-3-5-23(6-4-22)33-15-17-38-18-16-33/h3-6,19H,7-18,20H2,1-2H3,(H,28,29,30). The molecule has 11 nitrogen and oxygen atoms in total. The highest BCUT2D eigenvalue weighted by molar-refractivity contribution is 7.98. The Morgan fingerprint density at radius 3 is 2.18 bits per heavy atom. The minimum Gasteiger partial charge on any atom is -0.378 e. The number of hydrogen-bond donors (Lipinski definition) is 1. The second kappa shape index (κ2) is 12.8. The first-order chi connectivity index (χ1) is 19.0. The van der Waals surface area contributed by atoms with Crippen LogP contribution in [0.25, 0.3) is 0 Å². The second-order valence-electron chi connectivity index (χ2n) is 10.0. The van der Waals surface area contributed by atoms with Crippen molar-refractivity contribution < 1.29 is 14.3 Å². The molecular weight excluding hydrogens is 516 g/mol. The zero-order valence-corrected chi connectivity index (χ0v) is 23.7. The van der Waals surface area contributed by atoms with Gasteiger partial charge < -0.3 is 29.7 Å². The number of aromatic nitrogens is 2. The van der Waals surface area contributed by atoms with E-state index in [9.17, 15) is 9.59 Å². The van der Waals surface area contributed by atoms with Crippen molar-refractivity contribution in [2.75, 3.05) is 107 Å². The summed E-state index contributed by atoms with van der Waals surface area (Å²) >= 11 is 1.52. The van der Waals surface area contributed by atoms with Gasteiger partial charge in [0.1, 0.15) is 11.6 Å². The van der Waals surface area contributed by atoms with E-state index in [0.717, 1.165) is 69.8 Å². The van der Waals surface area contributed by atoms with Crippen molar-refractivity contribution in [2.45, 2.75) is 12.1 Å². The summed E-state index contributed by atoms with van der Waals surface area (Å²) in [4.78, 5) is 44.4. The first-order valence-corrected chi connectivity index (χ1v) is 14.8. The topological polar surface area (TPSA) is 97.4 Å². The molecule has 12 heteroatoms. The number of thioether (sulfide) groups is 1. The molecule has 0 spiro atoms. The van der Waals surface area contributed by atoms with E-state index in [2.05, 4.69) is 49.3 Å². The van der Waals surface area contributed by atoms with E-state index >= 15 is 0 Å². The lowest BCUT2D eigenvalue weighted by molar-refractivity contribution is -0.134. The summed E-state index contributed by atoms with van der Waals surface area (Å²) < 4.78 is 5.46. The maximum atomic E-state index is 12.9. The lowest BCUT2D eigenvalue weighted by atomic mass is 10.2. The number of amides is 2. The quantitative estimate of drug-likeness (QED) is 0.402. The smallest absolute Gasteiger partial charge is 0.236 e. The van der Waals surface area contributed by atoms with Gasteiger partial charge in [0.2, 0.25) is 11.8 Å². The Kier molecular flexibility index (Phi) is 9.05. The number of benzene rings is 1. The van der Waals surface area contributed by atoms with Crippen molar-refractivity contribution in [2.24, 2.45) is 0 Å². The van der Waals surface area contributed by atoms with Gasteiger partial charge in [-0.25, -0.2) is 9.97 Å². The van der Waals surface area contributed by atoms with Crippen LogP contribution in [0.1, 0.15) is 6.92 Å². The number of morpholine rings is 1. The maximum Gasteiger partial charge on any atom is 0.236 e. The summed E-state index contributed by atoms with van der Waals surface area (Å²) in [6, 6.07) is 10.4. The fraction of sp³-hybridized carbons (Fsp3) is 0.556. The van der Waals surface area contributed by atoms with Gasteiger partial charge in [-0.2, -0.15) is 0 Å². The van der Waals surface area contributed by atoms with E-state index in [1.54, 1.807) is 6.92 Å². The number of nitrogens with zero attached hydrogens (tertiary/aromatic N) is 7. The fourth-order valence-corrected chi connectivity index (χ4v) is 5.53. The highest BCUT2D eigenvalue weighted by atomic mass is 32.2. The predicted octanol–water partition coefficient (Wildman–Crippen LogP) is 1.59. The normalized spacial score (nSPS) is 18.8. The number of hydrogen-bond acceptors (Lipinski definition) is 10. The van der Waals surface area contributed by atoms with Gasteiger partial charge in [-0.15, -0.1) is 0 Å². The third-order valence-corrected chi connectivity index (χ3v) is 8.07. The van der Waals surface area contributed by atoms with Crippen molar-refractivity contribution in [1.29, 1.82) is 0 Å². The first kappa shape index (κ1) is 27.5. The third-order valence-electron chi connectivity index (χ3n) is 7.52. The van der Waals surface area contributed by atoms with Gasteiger partial charge >= 0.3 is 0 Å². The molecule has 210 valence electrons. The van der Waals surface area contributed by atoms with Gasteiger partial charge in [0, 0.05) is 89.8 Å². The highest BCUT2D eigenvalue weighted by Gasteiger charge is 2.26. The Balaban J connectivity index is 1.15. The Morgan fingerprint density at radius 1 is 0.872 bits per heavy atom. The number of rotatable bonds is 7. The van der Waals surface area contributed by atoms with Crippen molar-refractivity contribution >= 4 is 46.6 Å². The van der Waals surface area contributed by atoms with Gasteiger partial charge in [-0.05, 0) is 30.5 Å². The van der Waals surface area contributed by atoms with Crippen LogP contribution in [0.15, 0.2) is 35.5 Å². The van der Waals surface area contributed by atoms with Gasteiger partial charge in [0.25, 0.3) is 0 Å². The number of nitrogens with one attached hydrogen (secondary N) is 1. The van der Waals surface area contributed by atoms with E-state index in [1.165, 1.54) is 17.4 Å². The molecule has 0 bridgehead atoms. The number of carbonyl (C=O) groups is 2. The monoisotopic (exact) mass is 554 g/mol. The minimum absolute atomic E-state index is 0.103. The number of piperazine rings is 2. The van der Waals surface area contributed by atoms with E-state index in [-0.39, 0.29) is 11.8 Å². The molecule has 0 saturated carbocycles. The van der Waals surface area contributed by atoms with Crippen LogP contribution < -0.4 is 15.1 Å². The zero-order valence-electron chi connectivity index (χ0n) is 22.8. The van der Waals surface area contributed by atoms with Crippen molar-refractivity contribution in [3.63, 3.8) is 0 Å². The Hall–Kier alpha value is -3.09. The molecule has 2 amide bonds. The molecule has 3 aliphatic rings. The maximum absolute atomic E-state index is 12.9. The molecule has 3 fully saturated rings. The SMILES string of the molecule is CSc1nc(Nc2ccc(N3CCOCC3)cc2)cc(N2CCN(C(=O)CN3CCN(C(C)=O)CC3)CC2)n1. The molecule has 0 unspecified atom stereocenters. The van der Waals surface area contributed by atoms with Gasteiger partial charge in [0.15, 0.2) is 5.16 Å². The van der Waals surface area contributed by atoms with Crippen molar-refractivity contribution in [3.8, 4) is 0 Å². The second-order valence-corrected chi connectivity index (χ2v) is 10.8. The molecule has 0 aliphatic carbocycles. The van der Waals surface area contributed by atoms with Crippen LogP contribution in [0.3, 0.4) is 0 Å². The van der Waals surface area contributed by atoms with E-state index in [4.69, 9.17) is 9.72 Å². The van der Waals surface area contributed by atoms with Gasteiger partial charge in [0.05, 0.1) is 19.8 Å². The van der Waals surface area contributed by atoms with Crippen LogP contribution in [-0.2, 0) is 14.3 Å². The molecule has 1 aromatic carbocycles. The van der Waals surface area contributed by atoms with Crippen LogP contribution in [0.5, 0.6) is 0 Å². The molecule has 1 N–H and O–H groups in total. The summed E-state index contributed by atoms with van der Waals surface area (Å²) in [6.45, 7) is 11.0. The molecule has 2 aromatic rings. The molecule has 3 saturated heterocycles. The predicted molar refractivity (Wildman–Crippen MR) is 154 cm³/mol. The molecule has 1 aromatic heterocycles. The first-order valence-electron chi connectivity index (χ1n) is 13.6. The lowest BCUT2D eigenvalue weighted by Gasteiger charge is -2.38. The molecule has 39 heavy (non-hydrogen) atoms. The van der Waals surface area contributed by atoms with Crippen molar-refractivity contribution in [1.82, 2.24) is 24.7 Å². The van der Waals surface area contributed by atoms with Crippen LogP contribution in [0, 0.1) is 0 Å². The molecule has 3 aliphatic heterocycles. The van der Waals surface area contributed by atoms with Crippen molar-refractivity contribution in [3.05, 3.63) is 30.3 Å². The van der Waals surface area contributed by atoms with E-state index in [0.29, 0.717) is 37.9 Å². The van der Waals surface area contributed by atoms with Gasteiger partial charge in [-0.3, -0.25) is 14.5 Å². The molecule has 5 rings (SSSR count). The molecule has 0 atom stereocenters. The Morgan fingerprint density at radius 2 is 1.54 bits per heavy atom. The minimum atomic E-state index is 0.103. The summed E-state index contributed by atoms with van der Waals surface area (Å²) in [7, 11) is 0. The Bertz CT molecular complexity index is 1130. The van der Waals surface area contributed by atoms with E-state index < -0.39 is 0 Å². The average molecular weight is 555 g/mol. The summed E-state index contributed by atoms with van der Waals surface area (Å²) in [5.41, 5.74) is 2.17. The van der Waals surface area contributed by atoms with Crippen LogP contribution >= 0.6 is 11.8 Å². The lowest BCUT2D eigenvalue weighted by Crippen LogP contribution is -2.54. The van der Waals surface area contributed by atoms with Gasteiger partial charge in [-0.1, -0.05) is 11.8 Å². The molecule has 4 heterocycles. The fourth-order valence-electron chi connectivity index (χ4n) is 5.15. The van der Waals surface area contributed by atoms with Crippen LogP contribution in [0.4, 0.5) is 23.0 Å². The largest absolute Gasteiger partial charge is 0.378 e. The number of ether oxygens (including phenoxy) is 1. The number of carbonyl (C=O) groups excluding carboxylic acids is 2. The van der Waals surface area contributed by atoms with Crippen LogP contribution in [-0.4, -0.2) is 128 Å². The summed E-state index contributed by atoms with van der Waals surface area (Å²) in [5.74, 6) is 1.88. The average Bonchev–Trinajstić information content (AvgIpc) is 2.98. The summed E-state index contributed by atoms with van der Waals surface area (Å²) in [5, 5.41) is 4.15. The van der Waals surface area contributed by atoms with E-state index in [1.807, 2.05) is 22.1 Å². The summed E-state index contributed by atoms with van der Waals surface area (Å²) in [6.07, 6.45) is 1.98. The molecular formula is C27H38N8O3S. The Labute approximate surface area is 234 Å². The highest BCUT2D eigenvalue weighted by Crippen LogP contribution is 2.26.